The number of alkyl halides is 3. The van der Waals surface area contributed by atoms with E-state index in [0.29, 0.717) is 11.3 Å². The number of hydrogen-bond acceptors (Lipinski definition) is 5. The molecule has 1 aliphatic rings. The van der Waals surface area contributed by atoms with Crippen LogP contribution in [0.15, 0.2) is 60.5 Å². The van der Waals surface area contributed by atoms with E-state index in [1.54, 1.807) is 12.1 Å². The summed E-state index contributed by atoms with van der Waals surface area (Å²) in [7, 11) is 0. The monoisotopic (exact) mass is 367 g/mol. The fourth-order valence-electron chi connectivity index (χ4n) is 2.22. The zero-order valence-electron chi connectivity index (χ0n) is 13.0. The number of aromatic carboxylic acids is 1. The lowest BCUT2D eigenvalue weighted by Crippen LogP contribution is -2.17. The van der Waals surface area contributed by atoms with Crippen LogP contribution >= 0.6 is 0 Å². The molecule has 3 rings (SSSR count). The highest BCUT2D eigenvalue weighted by molar-refractivity contribution is 5.88. The Labute approximate surface area is 145 Å². The molecule has 9 heteroatoms. The maximum absolute atomic E-state index is 12.2. The minimum Gasteiger partial charge on any atom is -0.478 e. The number of carboxylic acids is 1. The first-order chi connectivity index (χ1) is 12.3. The fourth-order valence-corrected chi connectivity index (χ4v) is 2.22. The van der Waals surface area contributed by atoms with Gasteiger partial charge < -0.3 is 14.6 Å². The van der Waals surface area contributed by atoms with E-state index < -0.39 is 18.4 Å². The minimum absolute atomic E-state index is 0.0684. The number of ether oxygens (including phenoxy) is 2. The van der Waals surface area contributed by atoms with E-state index >= 15 is 0 Å². The highest BCUT2D eigenvalue weighted by Gasteiger charge is 2.31. The van der Waals surface area contributed by atoms with Crippen molar-refractivity contribution in [3.05, 3.63) is 71.6 Å². The van der Waals surface area contributed by atoms with Gasteiger partial charge in [-0.3, -0.25) is 4.84 Å². The molecule has 0 amide bonds. The second-order valence-electron chi connectivity index (χ2n) is 5.22. The quantitative estimate of drug-likeness (QED) is 0.838. The van der Waals surface area contributed by atoms with E-state index in [0.717, 1.165) is 0 Å². The normalized spacial score (nSPS) is 16.6. The topological polar surface area (TPSA) is 77.0 Å². The Morgan fingerprint density at radius 3 is 2.50 bits per heavy atom. The molecule has 0 spiro atoms. The Morgan fingerprint density at radius 2 is 1.85 bits per heavy atom. The molecule has 0 saturated heterocycles. The summed E-state index contributed by atoms with van der Waals surface area (Å²) in [5.41, 5.74) is 3.18. The smallest absolute Gasteiger partial charge is 0.478 e. The molecule has 0 saturated carbocycles. The van der Waals surface area contributed by atoms with Crippen molar-refractivity contribution in [1.29, 1.82) is 0 Å². The molecular formula is C17H12F3NO5. The summed E-state index contributed by atoms with van der Waals surface area (Å²) in [6, 6.07) is 11.1. The molecule has 0 radical (unpaired) electrons. The van der Waals surface area contributed by atoms with Crippen LogP contribution in [0.1, 0.15) is 22.0 Å². The highest BCUT2D eigenvalue weighted by Crippen LogP contribution is 2.29. The molecule has 6 nitrogen and oxygen atoms in total. The van der Waals surface area contributed by atoms with Gasteiger partial charge >= 0.3 is 12.3 Å². The van der Waals surface area contributed by atoms with Crippen molar-refractivity contribution in [2.45, 2.75) is 12.5 Å². The molecule has 1 heterocycles. The molecule has 0 fully saturated rings. The van der Waals surface area contributed by atoms with Crippen LogP contribution in [0, 0.1) is 0 Å². The van der Waals surface area contributed by atoms with Crippen molar-refractivity contribution >= 4 is 5.97 Å². The number of carboxylic acid groups (broad SMARTS) is 1. The van der Waals surface area contributed by atoms with Crippen molar-refractivity contribution in [3.8, 4) is 11.5 Å². The lowest BCUT2D eigenvalue weighted by atomic mass is 10.1. The fraction of sp³-hybridized carbons (Fsp3) is 0.118. The summed E-state index contributed by atoms with van der Waals surface area (Å²) in [5.74, 6) is -0.896. The molecule has 1 aliphatic heterocycles. The van der Waals surface area contributed by atoms with E-state index in [9.17, 15) is 18.0 Å². The Morgan fingerprint density at radius 1 is 1.12 bits per heavy atom. The lowest BCUT2D eigenvalue weighted by Gasteiger charge is -2.11. The SMILES string of the molecule is O=C(O)c1cccc(OC2=C[C@@H](c3ccc(OC(F)(F)F)cc3)ON2)c1. The van der Waals surface area contributed by atoms with Gasteiger partial charge in [0.05, 0.1) is 5.56 Å². The third-order valence-corrected chi connectivity index (χ3v) is 3.34. The molecule has 0 unspecified atom stereocenters. The van der Waals surface area contributed by atoms with Crippen molar-refractivity contribution in [2.24, 2.45) is 0 Å². The molecule has 136 valence electrons. The van der Waals surface area contributed by atoms with E-state index in [4.69, 9.17) is 14.7 Å². The van der Waals surface area contributed by atoms with Gasteiger partial charge in [0, 0.05) is 6.08 Å². The van der Waals surface area contributed by atoms with Crippen molar-refractivity contribution in [1.82, 2.24) is 5.48 Å². The Hall–Kier alpha value is -3.20. The van der Waals surface area contributed by atoms with Gasteiger partial charge in [-0.1, -0.05) is 18.2 Å². The van der Waals surface area contributed by atoms with Gasteiger partial charge in [0.1, 0.15) is 17.6 Å². The predicted molar refractivity (Wildman–Crippen MR) is 82.2 cm³/mol. The number of hydrogen-bond donors (Lipinski definition) is 2. The van der Waals surface area contributed by atoms with E-state index in [2.05, 4.69) is 10.2 Å². The van der Waals surface area contributed by atoms with Crippen LogP contribution in [0.4, 0.5) is 13.2 Å². The Bertz CT molecular complexity index is 833. The van der Waals surface area contributed by atoms with E-state index in [1.807, 2.05) is 0 Å². The first-order valence-electron chi connectivity index (χ1n) is 7.30. The van der Waals surface area contributed by atoms with Crippen molar-refractivity contribution in [2.75, 3.05) is 0 Å². The zero-order valence-corrected chi connectivity index (χ0v) is 13.0. The Balaban J connectivity index is 1.68. The first kappa shape index (κ1) is 17.6. The molecule has 26 heavy (non-hydrogen) atoms. The third kappa shape index (κ3) is 4.45. The summed E-state index contributed by atoms with van der Waals surface area (Å²) in [5, 5.41) is 8.96. The van der Waals surface area contributed by atoms with Gasteiger partial charge in [-0.05, 0) is 35.9 Å². The summed E-state index contributed by atoms with van der Waals surface area (Å²) >= 11 is 0. The maximum Gasteiger partial charge on any atom is 0.573 e. The van der Waals surface area contributed by atoms with E-state index in [-0.39, 0.29) is 17.2 Å². The van der Waals surface area contributed by atoms with Crippen LogP contribution in [-0.4, -0.2) is 17.4 Å². The average molecular weight is 367 g/mol. The van der Waals surface area contributed by atoms with Crippen LogP contribution < -0.4 is 15.0 Å². The van der Waals surface area contributed by atoms with Gasteiger partial charge in [-0.2, -0.15) is 0 Å². The van der Waals surface area contributed by atoms with E-state index in [1.165, 1.54) is 42.5 Å². The summed E-state index contributed by atoms with van der Waals surface area (Å²) in [4.78, 5) is 16.2. The van der Waals surface area contributed by atoms with Gasteiger partial charge in [0.25, 0.3) is 0 Å². The van der Waals surface area contributed by atoms with Gasteiger partial charge in [0.15, 0.2) is 0 Å². The lowest BCUT2D eigenvalue weighted by molar-refractivity contribution is -0.274. The maximum atomic E-state index is 12.2. The predicted octanol–water partition coefficient (Wildman–Crippen LogP) is 3.78. The molecule has 2 aromatic carbocycles. The molecular weight excluding hydrogens is 355 g/mol. The van der Waals surface area contributed by atoms with Crippen LogP contribution in [0.5, 0.6) is 11.5 Å². The first-order valence-corrected chi connectivity index (χ1v) is 7.30. The number of hydroxylamine groups is 1. The van der Waals surface area contributed by atoms with Gasteiger partial charge in [-0.15, -0.1) is 13.2 Å². The standard InChI is InChI=1S/C17H12F3NO5/c18-17(19,20)25-12-6-4-10(5-7-12)14-9-15(21-26-14)24-13-3-1-2-11(8-13)16(22)23/h1-9,14,21H,(H,22,23)/t14-/m0/s1. The molecule has 0 aromatic heterocycles. The zero-order chi connectivity index (χ0) is 18.7. The average Bonchev–Trinajstić information content (AvgIpc) is 3.03. The third-order valence-electron chi connectivity index (χ3n) is 3.34. The molecule has 0 aliphatic carbocycles. The second kappa shape index (κ2) is 6.96. The number of nitrogens with one attached hydrogen (secondary N) is 1. The van der Waals surface area contributed by atoms with Crippen LogP contribution in [-0.2, 0) is 4.84 Å². The molecule has 2 aromatic rings. The van der Waals surface area contributed by atoms with Crippen LogP contribution in [0.2, 0.25) is 0 Å². The number of carbonyl (C=O) groups is 1. The number of rotatable bonds is 5. The minimum atomic E-state index is -4.75. The summed E-state index contributed by atoms with van der Waals surface area (Å²) in [6.07, 6.45) is -3.78. The van der Waals surface area contributed by atoms with Crippen LogP contribution in [0.25, 0.3) is 0 Å². The molecule has 0 bridgehead atoms. The van der Waals surface area contributed by atoms with Crippen molar-refractivity contribution < 1.29 is 37.4 Å². The molecule has 2 N–H and O–H groups in total. The number of halogens is 3. The summed E-state index contributed by atoms with van der Waals surface area (Å²) < 4.78 is 45.8. The number of benzene rings is 2. The van der Waals surface area contributed by atoms with Gasteiger partial charge in [-0.25, -0.2) is 10.3 Å². The Kier molecular flexibility index (Phi) is 4.72. The molecule has 1 atom stereocenters. The van der Waals surface area contributed by atoms with Gasteiger partial charge in [0.2, 0.25) is 5.88 Å². The summed E-state index contributed by atoms with van der Waals surface area (Å²) in [6.45, 7) is 0. The second-order valence-corrected chi connectivity index (χ2v) is 5.22. The van der Waals surface area contributed by atoms with Crippen molar-refractivity contribution in [3.63, 3.8) is 0 Å². The largest absolute Gasteiger partial charge is 0.573 e. The van der Waals surface area contributed by atoms with Crippen LogP contribution in [0.3, 0.4) is 0 Å². The highest BCUT2D eigenvalue weighted by atomic mass is 19.4.